The number of ether oxygens (including phenoxy) is 1. The first-order valence-electron chi connectivity index (χ1n) is 11.6. The van der Waals surface area contributed by atoms with Crippen molar-refractivity contribution < 1.29 is 23.5 Å². The number of halogens is 1. The van der Waals surface area contributed by atoms with Crippen LogP contribution in [0.5, 0.6) is 0 Å². The molecule has 0 radical (unpaired) electrons. The highest BCUT2D eigenvalue weighted by Gasteiger charge is 2.52. The third-order valence-corrected chi connectivity index (χ3v) is 6.25. The maximum atomic E-state index is 13.5. The van der Waals surface area contributed by atoms with Crippen LogP contribution in [0.4, 0.5) is 20.6 Å². The fourth-order valence-electron chi connectivity index (χ4n) is 4.38. The Morgan fingerprint density at radius 2 is 1.76 bits per heavy atom. The monoisotopic (exact) mass is 468 g/mol. The van der Waals surface area contributed by atoms with Crippen molar-refractivity contribution in [2.45, 2.75) is 31.7 Å². The van der Waals surface area contributed by atoms with Crippen LogP contribution in [0, 0.1) is 5.82 Å². The molecule has 0 aliphatic carbocycles. The number of benzene rings is 2. The third-order valence-electron chi connectivity index (χ3n) is 6.25. The third kappa shape index (κ3) is 4.89. The van der Waals surface area contributed by atoms with Gasteiger partial charge in [0.05, 0.1) is 13.2 Å². The molecule has 4 amide bonds. The average Bonchev–Trinajstić information content (AvgIpc) is 3.09. The van der Waals surface area contributed by atoms with Crippen LogP contribution in [0.15, 0.2) is 48.5 Å². The number of urea groups is 1. The fourth-order valence-corrected chi connectivity index (χ4v) is 4.38. The van der Waals surface area contributed by atoms with Crippen molar-refractivity contribution in [2.75, 3.05) is 43.1 Å². The lowest BCUT2D eigenvalue weighted by Gasteiger charge is -2.29. The SMILES string of the molecule is CCCC[C@@]1(c2ccc(F)cc2)NC(=O)N(CC(=O)Nc2ccc(N3CCOCC3)cc2)C1=O. The van der Waals surface area contributed by atoms with Gasteiger partial charge in [-0.05, 0) is 48.4 Å². The number of unbranched alkanes of at least 4 members (excludes halogenated alkanes) is 1. The molecule has 0 bridgehead atoms. The zero-order chi connectivity index (χ0) is 24.1. The van der Waals surface area contributed by atoms with Gasteiger partial charge in [-0.1, -0.05) is 31.9 Å². The summed E-state index contributed by atoms with van der Waals surface area (Å²) >= 11 is 0. The van der Waals surface area contributed by atoms with Gasteiger partial charge in [-0.15, -0.1) is 0 Å². The number of rotatable bonds is 8. The molecule has 2 fully saturated rings. The number of anilines is 2. The number of amides is 4. The first kappa shape index (κ1) is 23.7. The highest BCUT2D eigenvalue weighted by atomic mass is 19.1. The van der Waals surface area contributed by atoms with Crippen LogP contribution in [0.2, 0.25) is 0 Å². The highest BCUT2D eigenvalue weighted by molar-refractivity contribution is 6.10. The van der Waals surface area contributed by atoms with Crippen LogP contribution in [-0.2, 0) is 19.9 Å². The van der Waals surface area contributed by atoms with Crippen LogP contribution >= 0.6 is 0 Å². The molecule has 2 saturated heterocycles. The molecule has 34 heavy (non-hydrogen) atoms. The van der Waals surface area contributed by atoms with E-state index in [0.29, 0.717) is 37.3 Å². The van der Waals surface area contributed by atoms with E-state index in [1.165, 1.54) is 24.3 Å². The fraction of sp³-hybridized carbons (Fsp3) is 0.400. The molecule has 2 aliphatic rings. The van der Waals surface area contributed by atoms with E-state index in [-0.39, 0.29) is 0 Å². The summed E-state index contributed by atoms with van der Waals surface area (Å²) in [6.45, 7) is 4.56. The molecule has 2 aromatic rings. The Morgan fingerprint density at radius 1 is 1.09 bits per heavy atom. The summed E-state index contributed by atoms with van der Waals surface area (Å²) in [5, 5.41) is 5.52. The summed E-state index contributed by atoms with van der Waals surface area (Å²) in [6, 6.07) is 12.3. The van der Waals surface area contributed by atoms with Crippen molar-refractivity contribution in [3.63, 3.8) is 0 Å². The average molecular weight is 469 g/mol. The predicted octanol–water partition coefficient (Wildman–Crippen LogP) is 3.24. The minimum absolute atomic E-state index is 0.362. The van der Waals surface area contributed by atoms with E-state index in [2.05, 4.69) is 15.5 Å². The second-order valence-electron chi connectivity index (χ2n) is 8.53. The second-order valence-corrected chi connectivity index (χ2v) is 8.53. The number of imide groups is 1. The van der Waals surface area contributed by atoms with Gasteiger partial charge in [0.2, 0.25) is 5.91 Å². The predicted molar refractivity (Wildman–Crippen MR) is 126 cm³/mol. The number of morpholine rings is 1. The number of nitrogens with zero attached hydrogens (tertiary/aromatic N) is 2. The Balaban J connectivity index is 1.44. The standard InChI is InChI=1S/C25H29FN4O4/c1-2-3-12-25(18-4-6-19(26)7-5-18)23(32)30(24(33)28-25)17-22(31)27-20-8-10-21(11-9-20)29-13-15-34-16-14-29/h4-11H,2-3,12-17H2,1H3,(H,27,31)(H,28,33)/t25-/m0/s1. The zero-order valence-corrected chi connectivity index (χ0v) is 19.2. The largest absolute Gasteiger partial charge is 0.378 e. The number of nitrogens with one attached hydrogen (secondary N) is 2. The number of carbonyl (C=O) groups excluding carboxylic acids is 3. The molecule has 180 valence electrons. The van der Waals surface area contributed by atoms with Crippen LogP contribution in [-0.4, -0.2) is 55.6 Å². The van der Waals surface area contributed by atoms with Crippen molar-refractivity contribution in [3.05, 3.63) is 59.9 Å². The zero-order valence-electron chi connectivity index (χ0n) is 19.2. The lowest BCUT2D eigenvalue weighted by Crippen LogP contribution is -2.44. The molecule has 0 spiro atoms. The maximum Gasteiger partial charge on any atom is 0.325 e. The van der Waals surface area contributed by atoms with E-state index in [4.69, 9.17) is 4.74 Å². The van der Waals surface area contributed by atoms with Gasteiger partial charge in [-0.2, -0.15) is 0 Å². The van der Waals surface area contributed by atoms with Crippen molar-refractivity contribution in [3.8, 4) is 0 Å². The summed E-state index contributed by atoms with van der Waals surface area (Å²) in [7, 11) is 0. The molecule has 0 aromatic heterocycles. The Hall–Kier alpha value is -3.46. The van der Waals surface area contributed by atoms with Crippen molar-refractivity contribution in [1.82, 2.24) is 10.2 Å². The first-order valence-corrected chi connectivity index (χ1v) is 11.6. The molecular formula is C25H29FN4O4. The summed E-state index contributed by atoms with van der Waals surface area (Å²) in [5.74, 6) is -1.41. The first-order chi connectivity index (χ1) is 16.4. The Morgan fingerprint density at radius 3 is 2.41 bits per heavy atom. The van der Waals surface area contributed by atoms with Gasteiger partial charge in [-0.25, -0.2) is 9.18 Å². The molecule has 2 heterocycles. The smallest absolute Gasteiger partial charge is 0.325 e. The van der Waals surface area contributed by atoms with Crippen LogP contribution < -0.4 is 15.5 Å². The molecule has 8 nitrogen and oxygen atoms in total. The Bertz CT molecular complexity index is 1040. The van der Waals surface area contributed by atoms with Crippen molar-refractivity contribution in [1.29, 1.82) is 0 Å². The van der Waals surface area contributed by atoms with Gasteiger partial charge < -0.3 is 20.3 Å². The van der Waals surface area contributed by atoms with Gasteiger partial charge >= 0.3 is 6.03 Å². The molecule has 2 aliphatic heterocycles. The lowest BCUT2D eigenvalue weighted by molar-refractivity contribution is -0.134. The van der Waals surface area contributed by atoms with Gasteiger partial charge in [-0.3, -0.25) is 14.5 Å². The van der Waals surface area contributed by atoms with Gasteiger partial charge in [0.1, 0.15) is 17.9 Å². The second kappa shape index (κ2) is 10.2. The maximum absolute atomic E-state index is 13.5. The molecule has 9 heteroatoms. The van der Waals surface area contributed by atoms with E-state index in [1.54, 1.807) is 12.1 Å². The lowest BCUT2D eigenvalue weighted by atomic mass is 9.85. The summed E-state index contributed by atoms with van der Waals surface area (Å²) in [5.41, 5.74) is 0.809. The van der Waals surface area contributed by atoms with Crippen molar-refractivity contribution in [2.24, 2.45) is 0 Å². The highest BCUT2D eigenvalue weighted by Crippen LogP contribution is 2.34. The summed E-state index contributed by atoms with van der Waals surface area (Å²) in [4.78, 5) is 41.9. The Kier molecular flexibility index (Phi) is 7.12. The topological polar surface area (TPSA) is 91.0 Å². The normalized spacial score (nSPS) is 20.4. The van der Waals surface area contributed by atoms with Crippen molar-refractivity contribution >= 4 is 29.2 Å². The van der Waals surface area contributed by atoms with Crippen LogP contribution in [0.25, 0.3) is 0 Å². The van der Waals surface area contributed by atoms with Gasteiger partial charge in [0, 0.05) is 24.5 Å². The van der Waals surface area contributed by atoms with E-state index >= 15 is 0 Å². The quantitative estimate of drug-likeness (QED) is 0.581. The molecule has 0 saturated carbocycles. The summed E-state index contributed by atoms with van der Waals surface area (Å²) < 4.78 is 18.8. The van der Waals surface area contributed by atoms with E-state index in [1.807, 2.05) is 19.1 Å². The molecule has 4 rings (SSSR count). The molecule has 0 unspecified atom stereocenters. The molecule has 2 N–H and O–H groups in total. The number of hydrogen-bond donors (Lipinski definition) is 2. The van der Waals surface area contributed by atoms with E-state index in [9.17, 15) is 18.8 Å². The minimum atomic E-state index is -1.30. The number of carbonyl (C=O) groups is 3. The van der Waals surface area contributed by atoms with Crippen LogP contribution in [0.1, 0.15) is 31.7 Å². The van der Waals surface area contributed by atoms with Gasteiger partial charge in [0.15, 0.2) is 0 Å². The summed E-state index contributed by atoms with van der Waals surface area (Å²) in [6.07, 6.45) is 1.85. The van der Waals surface area contributed by atoms with Crippen LogP contribution in [0.3, 0.4) is 0 Å². The minimum Gasteiger partial charge on any atom is -0.378 e. The van der Waals surface area contributed by atoms with E-state index < -0.39 is 35.7 Å². The number of hydrogen-bond acceptors (Lipinski definition) is 5. The molecule has 1 atom stereocenters. The molecular weight excluding hydrogens is 439 g/mol. The van der Waals surface area contributed by atoms with E-state index in [0.717, 1.165) is 30.1 Å². The molecule has 2 aromatic carbocycles. The Labute approximate surface area is 198 Å². The van der Waals surface area contributed by atoms with Gasteiger partial charge in [0.25, 0.3) is 5.91 Å².